The molecule has 7 nitrogen and oxygen atoms in total. The molecule has 1 aromatic rings. The average molecular weight is 319 g/mol. The molecule has 122 valence electrons. The van der Waals surface area contributed by atoms with E-state index >= 15 is 0 Å². The van der Waals surface area contributed by atoms with Gasteiger partial charge in [-0.05, 0) is 30.7 Å². The number of nitrogens with zero attached hydrogens (tertiary/aromatic N) is 1. The van der Waals surface area contributed by atoms with Crippen molar-refractivity contribution in [3.63, 3.8) is 0 Å². The predicted octanol–water partition coefficient (Wildman–Crippen LogP) is 1.64. The summed E-state index contributed by atoms with van der Waals surface area (Å²) >= 11 is 0. The fourth-order valence-electron chi connectivity index (χ4n) is 1.50. The third-order valence-electron chi connectivity index (χ3n) is 2.71. The van der Waals surface area contributed by atoms with E-state index in [1.54, 1.807) is 30.3 Å². The van der Waals surface area contributed by atoms with Crippen LogP contribution in [0.3, 0.4) is 0 Å². The van der Waals surface area contributed by atoms with Crippen LogP contribution in [0.1, 0.15) is 12.5 Å². The van der Waals surface area contributed by atoms with Gasteiger partial charge in [0.15, 0.2) is 6.10 Å². The van der Waals surface area contributed by atoms with Crippen molar-refractivity contribution in [1.82, 2.24) is 0 Å². The third kappa shape index (κ3) is 6.20. The van der Waals surface area contributed by atoms with Gasteiger partial charge in [-0.25, -0.2) is 9.59 Å². The van der Waals surface area contributed by atoms with Crippen molar-refractivity contribution in [2.24, 2.45) is 0 Å². The highest BCUT2D eigenvalue weighted by molar-refractivity contribution is 5.97. The van der Waals surface area contributed by atoms with E-state index in [1.807, 2.05) is 0 Å². The molecule has 0 heterocycles. The third-order valence-corrected chi connectivity index (χ3v) is 2.71. The molecule has 7 heteroatoms. The maximum atomic E-state index is 11.7. The van der Waals surface area contributed by atoms with Crippen LogP contribution in [0, 0.1) is 11.3 Å². The highest BCUT2D eigenvalue weighted by Gasteiger charge is 2.13. The van der Waals surface area contributed by atoms with Gasteiger partial charge >= 0.3 is 11.9 Å². The Morgan fingerprint density at radius 3 is 2.48 bits per heavy atom. The Kier molecular flexibility index (Phi) is 7.30. The predicted molar refractivity (Wildman–Crippen MR) is 80.6 cm³/mol. The lowest BCUT2D eigenvalue weighted by molar-refractivity contribution is -0.144. The van der Waals surface area contributed by atoms with Crippen LogP contribution in [0.2, 0.25) is 0 Å². The molecule has 0 aliphatic rings. The first kappa shape index (κ1) is 18.2. The smallest absolute Gasteiger partial charge is 0.348 e. The van der Waals surface area contributed by atoms with Crippen molar-refractivity contribution < 1.29 is 28.9 Å². The van der Waals surface area contributed by atoms with E-state index in [2.05, 4.69) is 0 Å². The molecular formula is C16H17NO6. The summed E-state index contributed by atoms with van der Waals surface area (Å²) in [6.07, 6.45) is 0.404. The largest absolute Gasteiger partial charge is 0.479 e. The summed E-state index contributed by atoms with van der Waals surface area (Å²) in [5.74, 6) is -1.43. The van der Waals surface area contributed by atoms with Crippen LogP contribution in [0.4, 0.5) is 0 Å². The fourth-order valence-corrected chi connectivity index (χ4v) is 1.50. The van der Waals surface area contributed by atoms with Gasteiger partial charge in [0.2, 0.25) is 0 Å². The molecule has 0 radical (unpaired) electrons. The van der Waals surface area contributed by atoms with Gasteiger partial charge in [0.25, 0.3) is 0 Å². The number of methoxy groups -OCH3 is 1. The quantitative estimate of drug-likeness (QED) is 0.336. The van der Waals surface area contributed by atoms with Crippen LogP contribution in [0.15, 0.2) is 29.8 Å². The number of aliphatic carboxylic acids is 1. The van der Waals surface area contributed by atoms with Crippen LogP contribution in [0.5, 0.6) is 5.75 Å². The first-order valence-electron chi connectivity index (χ1n) is 6.75. The Labute approximate surface area is 133 Å². The molecule has 1 N–H and O–H groups in total. The molecule has 0 amide bonds. The van der Waals surface area contributed by atoms with Crippen molar-refractivity contribution in [1.29, 1.82) is 5.26 Å². The second kappa shape index (κ2) is 9.23. The highest BCUT2D eigenvalue weighted by Crippen LogP contribution is 2.16. The summed E-state index contributed by atoms with van der Waals surface area (Å²) in [7, 11) is 1.48. The summed E-state index contributed by atoms with van der Waals surface area (Å²) in [5, 5.41) is 17.8. The lowest BCUT2D eigenvalue weighted by Gasteiger charge is -2.10. The lowest BCUT2D eigenvalue weighted by atomic mass is 10.1. The summed E-state index contributed by atoms with van der Waals surface area (Å²) in [6, 6.07) is 8.08. The minimum atomic E-state index is -1.07. The highest BCUT2D eigenvalue weighted by atomic mass is 16.6. The van der Waals surface area contributed by atoms with Crippen LogP contribution < -0.4 is 4.74 Å². The Hall–Kier alpha value is -2.85. The maximum Gasteiger partial charge on any atom is 0.348 e. The van der Waals surface area contributed by atoms with E-state index in [4.69, 9.17) is 24.6 Å². The van der Waals surface area contributed by atoms with E-state index in [1.165, 1.54) is 20.1 Å². The van der Waals surface area contributed by atoms with Gasteiger partial charge in [0, 0.05) is 7.11 Å². The Balaban J connectivity index is 2.76. The standard InChI is InChI=1S/C16H17NO6/c1-11(15(18)19)23-14-5-3-12(4-6-14)9-13(10-17)16(20)22-8-7-21-2/h3-6,9,11H,7-8H2,1-2H3,(H,18,19)/b13-9-/t11-/m1/s1. The Morgan fingerprint density at radius 1 is 1.30 bits per heavy atom. The minimum Gasteiger partial charge on any atom is -0.479 e. The van der Waals surface area contributed by atoms with Gasteiger partial charge in [0.05, 0.1) is 6.61 Å². The molecule has 0 saturated heterocycles. The first-order chi connectivity index (χ1) is 11.0. The Morgan fingerprint density at radius 2 is 1.96 bits per heavy atom. The monoisotopic (exact) mass is 319 g/mol. The van der Waals surface area contributed by atoms with Crippen molar-refractivity contribution in [2.75, 3.05) is 20.3 Å². The fraction of sp³-hybridized carbons (Fsp3) is 0.312. The molecule has 0 bridgehead atoms. The number of carbonyl (C=O) groups is 2. The number of esters is 1. The maximum absolute atomic E-state index is 11.7. The number of carboxylic acids is 1. The van der Waals surface area contributed by atoms with Crippen LogP contribution in [-0.4, -0.2) is 43.5 Å². The number of hydrogen-bond donors (Lipinski definition) is 1. The summed E-state index contributed by atoms with van der Waals surface area (Å²) in [5.41, 5.74) is 0.439. The average Bonchev–Trinajstić information content (AvgIpc) is 2.54. The number of carboxylic acid groups (broad SMARTS) is 1. The zero-order chi connectivity index (χ0) is 17.2. The molecule has 0 saturated carbocycles. The van der Waals surface area contributed by atoms with Gasteiger partial charge < -0.3 is 19.3 Å². The summed E-state index contributed by atoms with van der Waals surface area (Å²) in [6.45, 7) is 1.73. The van der Waals surface area contributed by atoms with Gasteiger partial charge in [-0.2, -0.15) is 5.26 Å². The van der Waals surface area contributed by atoms with Crippen LogP contribution >= 0.6 is 0 Å². The summed E-state index contributed by atoms with van der Waals surface area (Å²) < 4.78 is 14.8. The van der Waals surface area contributed by atoms with Crippen molar-refractivity contribution >= 4 is 18.0 Å². The van der Waals surface area contributed by atoms with Crippen LogP contribution in [-0.2, 0) is 19.1 Å². The molecule has 23 heavy (non-hydrogen) atoms. The molecule has 0 spiro atoms. The molecule has 1 rings (SSSR count). The summed E-state index contributed by atoms with van der Waals surface area (Å²) in [4.78, 5) is 22.4. The molecule has 1 atom stereocenters. The second-order valence-electron chi connectivity index (χ2n) is 4.47. The number of nitriles is 1. The van der Waals surface area contributed by atoms with E-state index in [9.17, 15) is 9.59 Å². The van der Waals surface area contributed by atoms with Gasteiger partial charge in [-0.15, -0.1) is 0 Å². The molecule has 0 fully saturated rings. The molecular weight excluding hydrogens is 302 g/mol. The van der Waals surface area contributed by atoms with Gasteiger partial charge in [0.1, 0.15) is 24.0 Å². The van der Waals surface area contributed by atoms with E-state index < -0.39 is 18.0 Å². The van der Waals surface area contributed by atoms with Crippen LogP contribution in [0.25, 0.3) is 6.08 Å². The normalized spacial score (nSPS) is 12.1. The molecule has 1 aromatic carbocycles. The molecule has 0 aliphatic heterocycles. The van der Waals surface area contributed by atoms with Crippen molar-refractivity contribution in [2.45, 2.75) is 13.0 Å². The SMILES string of the molecule is COCCOC(=O)/C(C#N)=C\c1ccc(O[C@H](C)C(=O)O)cc1. The van der Waals surface area contributed by atoms with Crippen molar-refractivity contribution in [3.8, 4) is 11.8 Å². The number of benzene rings is 1. The molecule has 0 aromatic heterocycles. The lowest BCUT2D eigenvalue weighted by Crippen LogP contribution is -2.22. The Bertz CT molecular complexity index is 614. The molecule has 0 aliphatic carbocycles. The first-order valence-corrected chi connectivity index (χ1v) is 6.75. The van der Waals surface area contributed by atoms with Gasteiger partial charge in [-0.3, -0.25) is 0 Å². The zero-order valence-corrected chi connectivity index (χ0v) is 12.8. The minimum absolute atomic E-state index is 0.0637. The van der Waals surface area contributed by atoms with Crippen molar-refractivity contribution in [3.05, 3.63) is 35.4 Å². The number of rotatable bonds is 8. The second-order valence-corrected chi connectivity index (χ2v) is 4.47. The van der Waals surface area contributed by atoms with E-state index in [0.29, 0.717) is 11.3 Å². The number of carbonyl (C=O) groups excluding carboxylic acids is 1. The van der Waals surface area contributed by atoms with E-state index in [-0.39, 0.29) is 18.8 Å². The number of ether oxygens (including phenoxy) is 3. The topological polar surface area (TPSA) is 106 Å². The molecule has 0 unspecified atom stereocenters. The number of hydrogen-bond acceptors (Lipinski definition) is 6. The zero-order valence-electron chi connectivity index (χ0n) is 12.8. The van der Waals surface area contributed by atoms with E-state index in [0.717, 1.165) is 0 Å². The van der Waals surface area contributed by atoms with Gasteiger partial charge in [-0.1, -0.05) is 12.1 Å².